The van der Waals surface area contributed by atoms with E-state index in [-0.39, 0.29) is 23.2 Å². The molecule has 1 aliphatic heterocycles. The minimum absolute atomic E-state index is 0.0507. The van der Waals surface area contributed by atoms with Gasteiger partial charge in [-0.15, -0.1) is 0 Å². The predicted octanol–water partition coefficient (Wildman–Crippen LogP) is 1.61. The van der Waals surface area contributed by atoms with Crippen molar-refractivity contribution in [3.63, 3.8) is 0 Å². The van der Waals surface area contributed by atoms with Gasteiger partial charge in [-0.3, -0.25) is 4.79 Å². The molecule has 1 aromatic rings. The first-order valence-corrected chi connectivity index (χ1v) is 9.21. The van der Waals surface area contributed by atoms with Crippen molar-refractivity contribution in [1.29, 1.82) is 0 Å². The van der Waals surface area contributed by atoms with Crippen LogP contribution in [0.15, 0.2) is 27.6 Å². The summed E-state index contributed by atoms with van der Waals surface area (Å²) in [6, 6.07) is 4.39. The molecule has 0 aliphatic carbocycles. The molecule has 1 amide bonds. The van der Waals surface area contributed by atoms with Crippen LogP contribution in [0.2, 0.25) is 0 Å². The fourth-order valence-corrected chi connectivity index (χ4v) is 3.34. The van der Waals surface area contributed by atoms with E-state index in [0.29, 0.717) is 30.8 Å². The molecule has 0 saturated carbocycles. The van der Waals surface area contributed by atoms with Gasteiger partial charge in [0.05, 0.1) is 13.2 Å². The first-order valence-electron chi connectivity index (χ1n) is 6.10. The molecule has 6 nitrogen and oxygen atoms in total. The summed E-state index contributed by atoms with van der Waals surface area (Å²) in [5, 5.41) is 0. The Labute approximate surface area is 135 Å². The average Bonchev–Trinajstić information content (AvgIpc) is 2.45. The Morgan fingerprint density at radius 1 is 1.38 bits per heavy atom. The molecule has 21 heavy (non-hydrogen) atoms. The molecule has 0 spiro atoms. The minimum Gasteiger partial charge on any atom is -0.482 e. The highest BCUT2D eigenvalue weighted by Crippen LogP contribution is 2.30. The number of morpholine rings is 1. The number of nitrogens with zero attached hydrogens (tertiary/aromatic N) is 1. The molecule has 1 saturated heterocycles. The first-order chi connectivity index (χ1) is 9.88. The van der Waals surface area contributed by atoms with Crippen molar-refractivity contribution in [2.24, 2.45) is 0 Å². The van der Waals surface area contributed by atoms with Gasteiger partial charge in [0.2, 0.25) is 0 Å². The van der Waals surface area contributed by atoms with E-state index in [4.69, 9.17) is 20.2 Å². The van der Waals surface area contributed by atoms with Gasteiger partial charge in [-0.1, -0.05) is 15.9 Å². The summed E-state index contributed by atoms with van der Waals surface area (Å²) in [6.45, 7) is 1.74. The van der Waals surface area contributed by atoms with Crippen LogP contribution in [0, 0.1) is 0 Å². The van der Waals surface area contributed by atoms with E-state index in [1.54, 1.807) is 11.0 Å². The van der Waals surface area contributed by atoms with Crippen LogP contribution in [0.25, 0.3) is 0 Å². The maximum atomic E-state index is 12.0. The average molecular weight is 399 g/mol. The number of carbonyl (C=O) groups excluding carboxylic acids is 1. The summed E-state index contributed by atoms with van der Waals surface area (Å²) in [4.78, 5) is 13.4. The van der Waals surface area contributed by atoms with E-state index < -0.39 is 9.05 Å². The normalized spacial score (nSPS) is 15.8. The van der Waals surface area contributed by atoms with Gasteiger partial charge in [0.25, 0.3) is 15.0 Å². The summed E-state index contributed by atoms with van der Waals surface area (Å²) in [5.41, 5.74) is 0. The molecule has 1 fully saturated rings. The molecule has 9 heteroatoms. The van der Waals surface area contributed by atoms with Gasteiger partial charge >= 0.3 is 0 Å². The zero-order valence-electron chi connectivity index (χ0n) is 10.9. The smallest absolute Gasteiger partial charge is 0.265 e. The Balaban J connectivity index is 2.08. The second-order valence-corrected chi connectivity index (χ2v) is 7.76. The summed E-state index contributed by atoms with van der Waals surface area (Å²) in [5.74, 6) is -0.172. The van der Waals surface area contributed by atoms with E-state index in [1.807, 2.05) is 0 Å². The van der Waals surface area contributed by atoms with E-state index in [9.17, 15) is 13.2 Å². The minimum atomic E-state index is -3.96. The van der Waals surface area contributed by atoms with Crippen molar-refractivity contribution >= 4 is 41.6 Å². The van der Waals surface area contributed by atoms with E-state index >= 15 is 0 Å². The molecular weight excluding hydrogens is 386 g/mol. The standard InChI is InChI=1S/C12H13BrClNO5S/c13-9-1-2-10(11(7-9)21(14,17)18)20-8-12(16)15-3-5-19-6-4-15/h1-2,7H,3-6,8H2. The van der Waals surface area contributed by atoms with Crippen LogP contribution in [0.4, 0.5) is 0 Å². The van der Waals surface area contributed by atoms with Crippen LogP contribution in [0.3, 0.4) is 0 Å². The van der Waals surface area contributed by atoms with Crippen molar-refractivity contribution in [2.45, 2.75) is 4.90 Å². The maximum absolute atomic E-state index is 12.0. The van der Waals surface area contributed by atoms with Crippen molar-refractivity contribution in [3.8, 4) is 5.75 Å². The van der Waals surface area contributed by atoms with Crippen LogP contribution in [-0.2, 0) is 18.6 Å². The highest BCUT2D eigenvalue weighted by Gasteiger charge is 2.21. The molecule has 0 aromatic heterocycles. The topological polar surface area (TPSA) is 72.9 Å². The SMILES string of the molecule is O=C(COc1ccc(Br)cc1S(=O)(=O)Cl)N1CCOCC1. The lowest BCUT2D eigenvalue weighted by molar-refractivity contribution is -0.137. The summed E-state index contributed by atoms with van der Waals surface area (Å²) >= 11 is 3.16. The molecule has 0 N–H and O–H groups in total. The lowest BCUT2D eigenvalue weighted by Crippen LogP contribution is -2.43. The van der Waals surface area contributed by atoms with Crippen LogP contribution in [0.1, 0.15) is 0 Å². The summed E-state index contributed by atoms with van der Waals surface area (Å²) in [7, 11) is 1.40. The Morgan fingerprint density at radius 3 is 2.67 bits per heavy atom. The van der Waals surface area contributed by atoms with Gasteiger partial charge in [-0.05, 0) is 18.2 Å². The van der Waals surface area contributed by atoms with Gasteiger partial charge in [-0.2, -0.15) is 0 Å². The third kappa shape index (κ3) is 4.57. The van der Waals surface area contributed by atoms with E-state index in [1.165, 1.54) is 12.1 Å². The van der Waals surface area contributed by atoms with Crippen LogP contribution >= 0.6 is 26.6 Å². The molecule has 0 radical (unpaired) electrons. The summed E-state index contributed by atoms with van der Waals surface area (Å²) < 4.78 is 34.0. The van der Waals surface area contributed by atoms with Crippen molar-refractivity contribution in [1.82, 2.24) is 4.90 Å². The third-order valence-corrected chi connectivity index (χ3v) is 4.72. The maximum Gasteiger partial charge on any atom is 0.265 e. The summed E-state index contributed by atoms with van der Waals surface area (Å²) in [6.07, 6.45) is 0. The first kappa shape index (κ1) is 16.5. The largest absolute Gasteiger partial charge is 0.482 e. The highest BCUT2D eigenvalue weighted by atomic mass is 79.9. The monoisotopic (exact) mass is 397 g/mol. The van der Waals surface area contributed by atoms with Gasteiger partial charge in [0.1, 0.15) is 10.6 Å². The Hall–Kier alpha value is -0.830. The zero-order chi connectivity index (χ0) is 15.5. The Morgan fingerprint density at radius 2 is 2.05 bits per heavy atom. The van der Waals surface area contributed by atoms with Gasteiger partial charge in [-0.25, -0.2) is 8.42 Å². The number of amides is 1. The molecule has 0 atom stereocenters. The van der Waals surface area contributed by atoms with E-state index in [0.717, 1.165) is 0 Å². The quantitative estimate of drug-likeness (QED) is 0.721. The Kier molecular flexibility index (Phi) is 5.48. The molecule has 1 aromatic carbocycles. The number of ether oxygens (including phenoxy) is 2. The molecule has 0 bridgehead atoms. The number of hydrogen-bond donors (Lipinski definition) is 0. The lowest BCUT2D eigenvalue weighted by atomic mass is 10.3. The molecule has 1 aliphatic rings. The van der Waals surface area contributed by atoms with Gasteiger partial charge in [0.15, 0.2) is 6.61 Å². The molecule has 0 unspecified atom stereocenters. The zero-order valence-corrected chi connectivity index (χ0v) is 14.1. The second-order valence-electron chi connectivity index (χ2n) is 4.31. The van der Waals surface area contributed by atoms with Crippen LogP contribution in [-0.4, -0.2) is 52.1 Å². The number of rotatable bonds is 4. The van der Waals surface area contributed by atoms with Gasteiger partial charge in [0, 0.05) is 28.2 Å². The number of halogens is 2. The van der Waals surface area contributed by atoms with Crippen LogP contribution < -0.4 is 4.74 Å². The van der Waals surface area contributed by atoms with Gasteiger partial charge < -0.3 is 14.4 Å². The number of carbonyl (C=O) groups is 1. The van der Waals surface area contributed by atoms with E-state index in [2.05, 4.69) is 15.9 Å². The fourth-order valence-electron chi connectivity index (χ4n) is 1.84. The second kappa shape index (κ2) is 6.95. The number of benzene rings is 1. The third-order valence-electron chi connectivity index (χ3n) is 2.88. The van der Waals surface area contributed by atoms with Crippen LogP contribution in [0.5, 0.6) is 5.75 Å². The van der Waals surface area contributed by atoms with Crippen molar-refractivity contribution < 1.29 is 22.7 Å². The van der Waals surface area contributed by atoms with Crippen molar-refractivity contribution in [2.75, 3.05) is 32.9 Å². The molecule has 1 heterocycles. The predicted molar refractivity (Wildman–Crippen MR) is 80.1 cm³/mol. The number of hydrogen-bond acceptors (Lipinski definition) is 5. The molecule has 2 rings (SSSR count). The lowest BCUT2D eigenvalue weighted by Gasteiger charge is -2.26. The molecule has 116 valence electrons. The molecular formula is C12H13BrClNO5S. The van der Waals surface area contributed by atoms with Crippen molar-refractivity contribution in [3.05, 3.63) is 22.7 Å². The fraction of sp³-hybridized carbons (Fsp3) is 0.417. The Bertz CT molecular complexity index is 631. The highest BCUT2D eigenvalue weighted by molar-refractivity contribution is 9.10.